The first-order valence-electron chi connectivity index (χ1n) is 2.58. The molecule has 0 aliphatic heterocycles. The highest BCUT2D eigenvalue weighted by Gasteiger charge is 2.05. The van der Waals surface area contributed by atoms with Gasteiger partial charge in [0.2, 0.25) is 0 Å². The SMILES string of the molecule is [CH2]c1ccc(Cl)c(F)c1Br. The van der Waals surface area contributed by atoms with Crippen molar-refractivity contribution < 1.29 is 4.39 Å². The van der Waals surface area contributed by atoms with Crippen LogP contribution in [0.4, 0.5) is 4.39 Å². The Bertz CT molecular complexity index is 233. The molecule has 0 saturated carbocycles. The van der Waals surface area contributed by atoms with Crippen LogP contribution in [0.5, 0.6) is 0 Å². The van der Waals surface area contributed by atoms with Gasteiger partial charge in [0.05, 0.1) is 9.50 Å². The molecule has 10 heavy (non-hydrogen) atoms. The molecule has 1 rings (SSSR count). The maximum absolute atomic E-state index is 12.8. The van der Waals surface area contributed by atoms with Gasteiger partial charge in [-0.3, -0.25) is 0 Å². The summed E-state index contributed by atoms with van der Waals surface area (Å²) in [6, 6.07) is 3.12. The third-order valence-electron chi connectivity index (χ3n) is 1.12. The van der Waals surface area contributed by atoms with Crippen LogP contribution in [0.25, 0.3) is 0 Å². The van der Waals surface area contributed by atoms with E-state index < -0.39 is 5.82 Å². The van der Waals surface area contributed by atoms with Crippen molar-refractivity contribution >= 4 is 27.5 Å². The molecule has 0 fully saturated rings. The molecular formula is C7H4BrClF. The summed E-state index contributed by atoms with van der Waals surface area (Å²) in [6.07, 6.45) is 0. The van der Waals surface area contributed by atoms with Gasteiger partial charge in [0, 0.05) is 0 Å². The molecule has 0 N–H and O–H groups in total. The predicted molar refractivity (Wildman–Crippen MR) is 43.6 cm³/mol. The Labute approximate surface area is 72.1 Å². The highest BCUT2D eigenvalue weighted by Crippen LogP contribution is 2.25. The van der Waals surface area contributed by atoms with Crippen LogP contribution >= 0.6 is 27.5 Å². The molecule has 0 unspecified atom stereocenters. The van der Waals surface area contributed by atoms with E-state index in [1.807, 2.05) is 0 Å². The van der Waals surface area contributed by atoms with Crippen molar-refractivity contribution in [1.29, 1.82) is 0 Å². The molecule has 0 aliphatic rings. The third kappa shape index (κ3) is 1.32. The molecule has 3 heteroatoms. The van der Waals surface area contributed by atoms with Crippen molar-refractivity contribution in [2.24, 2.45) is 0 Å². The monoisotopic (exact) mass is 221 g/mol. The van der Waals surface area contributed by atoms with Gasteiger partial charge in [-0.05, 0) is 34.5 Å². The summed E-state index contributed by atoms with van der Waals surface area (Å²) in [4.78, 5) is 0. The first-order chi connectivity index (χ1) is 4.63. The van der Waals surface area contributed by atoms with Gasteiger partial charge in [0.25, 0.3) is 0 Å². The Morgan fingerprint density at radius 3 is 2.60 bits per heavy atom. The molecule has 0 spiro atoms. The molecule has 0 nitrogen and oxygen atoms in total. The zero-order valence-corrected chi connectivity index (χ0v) is 7.34. The zero-order valence-electron chi connectivity index (χ0n) is 5.00. The predicted octanol–water partition coefficient (Wildman–Crippen LogP) is 3.42. The number of rotatable bonds is 0. The minimum absolute atomic E-state index is 0.110. The summed E-state index contributed by atoms with van der Waals surface area (Å²) < 4.78 is 13.1. The lowest BCUT2D eigenvalue weighted by molar-refractivity contribution is 0.621. The maximum Gasteiger partial charge on any atom is 0.156 e. The van der Waals surface area contributed by atoms with Crippen molar-refractivity contribution in [2.45, 2.75) is 0 Å². The van der Waals surface area contributed by atoms with Crippen LogP contribution < -0.4 is 0 Å². The lowest BCUT2D eigenvalue weighted by Gasteiger charge is -1.99. The minimum atomic E-state index is -0.450. The van der Waals surface area contributed by atoms with Crippen LogP contribution in [0.15, 0.2) is 16.6 Å². The van der Waals surface area contributed by atoms with Crippen LogP contribution in [-0.4, -0.2) is 0 Å². The first kappa shape index (κ1) is 8.02. The third-order valence-corrected chi connectivity index (χ3v) is 2.26. The van der Waals surface area contributed by atoms with Crippen LogP contribution in [-0.2, 0) is 0 Å². The van der Waals surface area contributed by atoms with E-state index in [0.29, 0.717) is 10.0 Å². The van der Waals surface area contributed by atoms with Crippen LogP contribution in [0.2, 0.25) is 5.02 Å². The molecule has 53 valence electrons. The Hall–Kier alpha value is -0.0800. The molecule has 0 saturated heterocycles. The van der Waals surface area contributed by atoms with Gasteiger partial charge in [-0.1, -0.05) is 17.7 Å². The van der Waals surface area contributed by atoms with E-state index in [9.17, 15) is 4.39 Å². The van der Waals surface area contributed by atoms with Gasteiger partial charge in [-0.15, -0.1) is 0 Å². The van der Waals surface area contributed by atoms with E-state index in [4.69, 9.17) is 11.6 Å². The van der Waals surface area contributed by atoms with Gasteiger partial charge < -0.3 is 0 Å². The highest BCUT2D eigenvalue weighted by atomic mass is 79.9. The van der Waals surface area contributed by atoms with Gasteiger partial charge in [-0.2, -0.15) is 0 Å². The largest absolute Gasteiger partial charge is 0.204 e. The molecule has 0 aliphatic carbocycles. The highest BCUT2D eigenvalue weighted by molar-refractivity contribution is 9.10. The van der Waals surface area contributed by atoms with E-state index in [0.717, 1.165) is 0 Å². The lowest BCUT2D eigenvalue weighted by atomic mass is 10.2. The molecule has 0 bridgehead atoms. The second-order valence-electron chi connectivity index (χ2n) is 1.83. The Kier molecular flexibility index (Phi) is 2.32. The fraction of sp³-hybridized carbons (Fsp3) is 0. The summed E-state index contributed by atoms with van der Waals surface area (Å²) in [5, 5.41) is 0.110. The number of hydrogen-bond acceptors (Lipinski definition) is 0. The standard InChI is InChI=1S/C7H4BrClF/c1-4-2-3-5(9)7(10)6(4)8/h2-3H,1H2. The van der Waals surface area contributed by atoms with Gasteiger partial charge >= 0.3 is 0 Å². The lowest BCUT2D eigenvalue weighted by Crippen LogP contribution is -1.82. The molecule has 1 radical (unpaired) electrons. The summed E-state index contributed by atoms with van der Waals surface area (Å²) in [7, 11) is 0. The van der Waals surface area contributed by atoms with Crippen molar-refractivity contribution in [3.8, 4) is 0 Å². The molecule has 0 aromatic heterocycles. The van der Waals surface area contributed by atoms with E-state index in [2.05, 4.69) is 22.9 Å². The second-order valence-corrected chi connectivity index (χ2v) is 3.03. The minimum Gasteiger partial charge on any atom is -0.204 e. The molecule has 0 atom stereocenters. The molecule has 1 aromatic rings. The Morgan fingerprint density at radius 2 is 2.10 bits per heavy atom. The Balaban J connectivity index is 3.34. The van der Waals surface area contributed by atoms with Gasteiger partial charge in [0.1, 0.15) is 0 Å². The molecule has 0 amide bonds. The number of hydrogen-bond donors (Lipinski definition) is 0. The van der Waals surface area contributed by atoms with E-state index in [1.54, 1.807) is 6.07 Å². The smallest absolute Gasteiger partial charge is 0.156 e. The Morgan fingerprint density at radius 1 is 1.50 bits per heavy atom. The van der Waals surface area contributed by atoms with Crippen molar-refractivity contribution in [1.82, 2.24) is 0 Å². The summed E-state index contributed by atoms with van der Waals surface area (Å²) in [6.45, 7) is 3.58. The average Bonchev–Trinajstić information content (AvgIpc) is 1.93. The molecular weight excluding hydrogens is 218 g/mol. The number of benzene rings is 1. The second kappa shape index (κ2) is 2.89. The normalized spacial score (nSPS) is 10.0. The van der Waals surface area contributed by atoms with Crippen molar-refractivity contribution in [3.05, 3.63) is 39.9 Å². The van der Waals surface area contributed by atoms with Crippen molar-refractivity contribution in [3.63, 3.8) is 0 Å². The average molecular weight is 222 g/mol. The zero-order chi connectivity index (χ0) is 7.72. The van der Waals surface area contributed by atoms with Gasteiger partial charge in [0.15, 0.2) is 5.82 Å². The molecule has 0 heterocycles. The number of halogens is 3. The van der Waals surface area contributed by atoms with Crippen LogP contribution in [0.1, 0.15) is 5.56 Å². The fourth-order valence-electron chi connectivity index (χ4n) is 0.566. The van der Waals surface area contributed by atoms with Gasteiger partial charge in [-0.25, -0.2) is 4.39 Å². The maximum atomic E-state index is 12.8. The fourth-order valence-corrected chi connectivity index (χ4v) is 1.18. The van der Waals surface area contributed by atoms with E-state index in [-0.39, 0.29) is 5.02 Å². The van der Waals surface area contributed by atoms with Crippen molar-refractivity contribution in [2.75, 3.05) is 0 Å². The quantitative estimate of drug-likeness (QED) is 0.590. The topological polar surface area (TPSA) is 0 Å². The van der Waals surface area contributed by atoms with Crippen LogP contribution in [0.3, 0.4) is 0 Å². The first-order valence-corrected chi connectivity index (χ1v) is 3.75. The van der Waals surface area contributed by atoms with E-state index in [1.165, 1.54) is 6.07 Å². The van der Waals surface area contributed by atoms with E-state index >= 15 is 0 Å². The van der Waals surface area contributed by atoms with Crippen LogP contribution in [0, 0.1) is 12.7 Å². The molecule has 1 aromatic carbocycles. The summed E-state index contributed by atoms with van der Waals surface area (Å²) in [5.41, 5.74) is 0.599. The summed E-state index contributed by atoms with van der Waals surface area (Å²) in [5.74, 6) is -0.450. The summed E-state index contributed by atoms with van der Waals surface area (Å²) >= 11 is 8.46.